The maximum absolute atomic E-state index is 14.2. The van der Waals surface area contributed by atoms with Gasteiger partial charge in [0.2, 0.25) is 0 Å². The summed E-state index contributed by atoms with van der Waals surface area (Å²) in [5, 5.41) is 32.4. The maximum Gasteiger partial charge on any atom is 0.343 e. The Morgan fingerprint density at radius 3 is 1.10 bits per heavy atom. The fourth-order valence-electron chi connectivity index (χ4n) is 13.5. The molecular formula is C80H48B2N8O8S2. The standard InChI is InChI=1S/C80H48B2N8O8S2/c1-45-23-37-63-65(39-45)99-77(85-63)61(43-83)71-67-68(70(89(71)81(51-15-7-3-8-16-51)52-17-9-4-10-18-52)48-27-33-56(34-28-48)98-80(96)50-30-36-58-60(42-50)76(94)88-74(58)92)72(62(44-84)78-86-64-38-24-46(2)40-66(64)100-78)90(82(53-19-11-5-12-20-53)54-21-13-6-14-22-54)69(67)47-25-31-55(32-26-47)97-79(95)49-29-35-57-59(41-49)75(93)87-73(57)91/h3-42H,1-2H3,(H,87,91,93)(H,88,92,94)/b71-61-,72-62-. The molecule has 0 fully saturated rings. The van der Waals surface area contributed by atoms with Crippen molar-refractivity contribution in [2.45, 2.75) is 13.8 Å². The van der Waals surface area contributed by atoms with Gasteiger partial charge >= 0.3 is 25.6 Å². The van der Waals surface area contributed by atoms with Crippen LogP contribution >= 0.6 is 22.7 Å². The first kappa shape index (κ1) is 61.7. The van der Waals surface area contributed by atoms with Crippen LogP contribution in [-0.4, -0.2) is 68.2 Å². The van der Waals surface area contributed by atoms with Crippen molar-refractivity contribution in [2.24, 2.45) is 0 Å². The largest absolute Gasteiger partial charge is 0.423 e. The first-order valence-electron chi connectivity index (χ1n) is 31.8. The SMILES string of the molecule is Cc1ccc2nc(/C(C#N)=c3/c4c(-c5ccc(OC(=O)c6ccc7c(c6)C(=O)NC7=O)cc5)n(B(c5ccccc5)c5ccccc5)/c(=C(/C#N)c5nc6ccc(C)cc6s5)c4c(-c4ccc(OC(=O)c5ccc6c(c5)C(=O)NC6=O)cc4)n3B(c3ccccc3)c3ccccc3)sc2c1. The van der Waals surface area contributed by atoms with Gasteiger partial charge in [0.25, 0.3) is 23.6 Å². The number of nitrogens with zero attached hydrogens (tertiary/aromatic N) is 6. The molecule has 0 saturated heterocycles. The van der Waals surface area contributed by atoms with Crippen molar-refractivity contribution in [2.75, 3.05) is 0 Å². The van der Waals surface area contributed by atoms with Gasteiger partial charge in [-0.1, -0.05) is 155 Å². The molecule has 0 unspecified atom stereocenters. The van der Waals surface area contributed by atoms with Crippen molar-refractivity contribution in [1.29, 1.82) is 10.5 Å². The summed E-state index contributed by atoms with van der Waals surface area (Å²) >= 11 is 2.76. The molecule has 20 heteroatoms. The molecule has 0 aliphatic carbocycles. The number of carbonyl (C=O) groups is 6. The minimum Gasteiger partial charge on any atom is -0.423 e. The third-order valence-electron chi connectivity index (χ3n) is 18.0. The summed E-state index contributed by atoms with van der Waals surface area (Å²) in [6.07, 6.45) is 0. The summed E-state index contributed by atoms with van der Waals surface area (Å²) in [4.78, 5) is 89.7. The zero-order valence-corrected chi connectivity index (χ0v) is 54.6. The molecular weight excluding hydrogens is 1290 g/mol. The third-order valence-corrected chi connectivity index (χ3v) is 20.0. The van der Waals surface area contributed by atoms with Gasteiger partial charge in [-0.05, 0) is 145 Å². The lowest BCUT2D eigenvalue weighted by Gasteiger charge is -2.24. The van der Waals surface area contributed by atoms with E-state index in [2.05, 4.69) is 31.7 Å². The lowest BCUT2D eigenvalue weighted by molar-refractivity contribution is 0.0725. The topological polar surface area (TPSA) is 228 Å². The van der Waals surface area contributed by atoms with Crippen molar-refractivity contribution in [1.82, 2.24) is 29.6 Å². The molecule has 16 rings (SSSR count). The van der Waals surface area contributed by atoms with Gasteiger partial charge in [-0.2, -0.15) is 10.5 Å². The van der Waals surface area contributed by atoms with Gasteiger partial charge < -0.3 is 18.4 Å². The molecule has 0 saturated carbocycles. The van der Waals surface area contributed by atoms with Crippen LogP contribution in [0.15, 0.2) is 243 Å². The number of esters is 2. The number of aryl methyl sites for hydroxylation is 2. The van der Waals surface area contributed by atoms with E-state index in [4.69, 9.17) is 19.4 Å². The highest BCUT2D eigenvalue weighted by Gasteiger charge is 2.39. The van der Waals surface area contributed by atoms with E-state index in [0.717, 1.165) is 42.4 Å². The molecule has 16 nitrogen and oxygen atoms in total. The lowest BCUT2D eigenvalue weighted by Crippen LogP contribution is -2.54. The summed E-state index contributed by atoms with van der Waals surface area (Å²) < 4.78 is 18.3. The number of imide groups is 2. The number of thiazole rings is 2. The second kappa shape index (κ2) is 25.1. The number of ether oxygens (including phenoxy) is 2. The molecule has 0 atom stereocenters. The van der Waals surface area contributed by atoms with E-state index >= 15 is 0 Å². The smallest absolute Gasteiger partial charge is 0.343 e. The third kappa shape index (κ3) is 10.8. The average molecular weight is 1340 g/mol. The monoisotopic (exact) mass is 1330 g/mol. The van der Waals surface area contributed by atoms with E-state index in [-0.39, 0.29) is 56.0 Å². The molecule has 2 N–H and O–H groups in total. The number of rotatable bonds is 14. The fourth-order valence-corrected chi connectivity index (χ4v) is 15.6. The Bertz CT molecular complexity index is 5590. The zero-order valence-electron chi connectivity index (χ0n) is 53.0. The molecule has 14 aromatic rings. The zero-order chi connectivity index (χ0) is 68.4. The maximum atomic E-state index is 14.2. The molecule has 4 aromatic heterocycles. The Kier molecular flexibility index (Phi) is 15.5. The van der Waals surface area contributed by atoms with E-state index in [1.165, 1.54) is 59.1 Å². The fraction of sp³-hybridized carbons (Fsp3) is 0.0250. The number of benzene rings is 10. The van der Waals surface area contributed by atoms with Crippen LogP contribution in [0, 0.1) is 36.5 Å². The Morgan fingerprint density at radius 1 is 0.420 bits per heavy atom. The summed E-state index contributed by atoms with van der Waals surface area (Å²) in [5.74, 6) is -3.66. The Hall–Kier alpha value is -13.1. The van der Waals surface area contributed by atoms with Crippen molar-refractivity contribution in [3.63, 3.8) is 0 Å². The number of nitrogens with one attached hydrogen (secondary N) is 2. The molecule has 0 spiro atoms. The predicted octanol–water partition coefficient (Wildman–Crippen LogP) is 10.6. The highest BCUT2D eigenvalue weighted by atomic mass is 32.1. The van der Waals surface area contributed by atoms with Crippen LogP contribution in [0.5, 0.6) is 11.5 Å². The molecule has 0 radical (unpaired) electrons. The average Bonchev–Trinajstić information content (AvgIpc) is 1.52. The molecule has 474 valence electrons. The predicted molar refractivity (Wildman–Crippen MR) is 388 cm³/mol. The van der Waals surface area contributed by atoms with Crippen LogP contribution in [0.4, 0.5) is 0 Å². The van der Waals surface area contributed by atoms with Crippen LogP contribution in [0.25, 0.3) is 64.9 Å². The number of aromatic nitrogens is 4. The van der Waals surface area contributed by atoms with Crippen LogP contribution in [0.2, 0.25) is 0 Å². The summed E-state index contributed by atoms with van der Waals surface area (Å²) in [6.45, 7) is 2.50. The van der Waals surface area contributed by atoms with E-state index in [1.807, 2.05) is 196 Å². The number of hydrogen-bond donors (Lipinski definition) is 2. The quantitative estimate of drug-likeness (QED) is 0.0448. The van der Waals surface area contributed by atoms with Gasteiger partial charge in [0, 0.05) is 22.2 Å². The van der Waals surface area contributed by atoms with Gasteiger partial charge in [-0.15, -0.1) is 22.7 Å². The van der Waals surface area contributed by atoms with Crippen LogP contribution in [0.3, 0.4) is 0 Å². The molecule has 2 aliphatic heterocycles. The van der Waals surface area contributed by atoms with Crippen LogP contribution in [0.1, 0.15) is 83.3 Å². The molecule has 0 bridgehead atoms. The Morgan fingerprint density at radius 2 is 0.760 bits per heavy atom. The van der Waals surface area contributed by atoms with Crippen molar-refractivity contribution in [3.8, 4) is 46.2 Å². The van der Waals surface area contributed by atoms with E-state index in [9.17, 15) is 39.3 Å². The van der Waals surface area contributed by atoms with Gasteiger partial charge in [0.05, 0.1) is 64.5 Å². The van der Waals surface area contributed by atoms with Gasteiger partial charge in [-0.25, -0.2) is 19.6 Å². The molecule has 6 heterocycles. The number of nitriles is 2. The van der Waals surface area contributed by atoms with Crippen LogP contribution < -0.4 is 52.7 Å². The molecule has 2 aliphatic rings. The Labute approximate surface area is 578 Å². The Balaban J connectivity index is 1.08. The second-order valence-corrected chi connectivity index (χ2v) is 26.3. The van der Waals surface area contributed by atoms with Crippen molar-refractivity contribution < 1.29 is 38.2 Å². The van der Waals surface area contributed by atoms with E-state index < -0.39 is 49.3 Å². The number of carbonyl (C=O) groups excluding carboxylic acids is 6. The highest BCUT2D eigenvalue weighted by Crippen LogP contribution is 2.40. The minimum atomic E-state index is -0.782. The number of amides is 4. The highest BCUT2D eigenvalue weighted by molar-refractivity contribution is 7.20. The summed E-state index contributed by atoms with van der Waals surface area (Å²) in [6, 6.07) is 79.7. The first-order chi connectivity index (χ1) is 48.8. The normalized spacial score (nSPS) is 12.9. The first-order valence-corrected chi connectivity index (χ1v) is 33.4. The molecule has 4 amide bonds. The minimum absolute atomic E-state index is 0.0416. The van der Waals surface area contributed by atoms with E-state index in [0.29, 0.717) is 65.0 Å². The van der Waals surface area contributed by atoms with E-state index in [1.54, 1.807) is 24.3 Å². The van der Waals surface area contributed by atoms with Gasteiger partial charge in [0.15, 0.2) is 0 Å². The van der Waals surface area contributed by atoms with Crippen molar-refractivity contribution >= 4 is 136 Å². The second-order valence-electron chi connectivity index (χ2n) is 24.2. The molecule has 100 heavy (non-hydrogen) atoms. The number of hydrogen-bond acceptors (Lipinski definition) is 14. The number of fused-ring (bicyclic) bond motifs is 5. The van der Waals surface area contributed by atoms with Crippen molar-refractivity contribution in [3.05, 3.63) is 308 Å². The van der Waals surface area contributed by atoms with Gasteiger partial charge in [-0.3, -0.25) is 29.8 Å². The molecule has 10 aromatic carbocycles. The lowest BCUT2D eigenvalue weighted by atomic mass is 9.50. The van der Waals surface area contributed by atoms with Gasteiger partial charge in [0.1, 0.15) is 44.8 Å². The summed E-state index contributed by atoms with van der Waals surface area (Å²) in [5.41, 5.74) is 9.76. The van der Waals surface area contributed by atoms with Crippen LogP contribution in [-0.2, 0) is 0 Å². The summed E-state index contributed by atoms with van der Waals surface area (Å²) in [7, 11) is 0.